The Balaban J connectivity index is 2.64. The molecule has 18 heavy (non-hydrogen) atoms. The van der Waals surface area contributed by atoms with Gasteiger partial charge in [-0.2, -0.15) is 0 Å². The molecule has 96 valence electrons. The number of carbonyl (C=O) groups is 3. The van der Waals surface area contributed by atoms with E-state index in [0.717, 1.165) is 0 Å². The zero-order chi connectivity index (χ0) is 13.5. The Kier molecular flexibility index (Phi) is 4.98. The molecule has 0 aliphatic rings. The smallest absolute Gasteiger partial charge is 0.253 e. The van der Waals surface area contributed by atoms with Crippen molar-refractivity contribution < 1.29 is 14.4 Å². The van der Waals surface area contributed by atoms with Crippen LogP contribution in [-0.4, -0.2) is 28.6 Å². The number of carbonyl (C=O) groups excluding carboxylic acids is 3. The van der Waals surface area contributed by atoms with Crippen molar-refractivity contribution in [3.05, 3.63) is 30.1 Å². The zero-order valence-electron chi connectivity index (χ0n) is 10.1. The molecule has 0 saturated heterocycles. The summed E-state index contributed by atoms with van der Waals surface area (Å²) in [6, 6.07) is 2.34. The fraction of sp³-hybridized carbons (Fsp3) is 0.333. The molecule has 3 N–H and O–H groups in total. The monoisotopic (exact) mass is 249 g/mol. The van der Waals surface area contributed by atoms with Crippen molar-refractivity contribution in [2.24, 2.45) is 5.73 Å². The SMILES string of the molecule is CC(=O)CC[C@H](NC(=O)c1cccnc1)C(N)=O. The summed E-state index contributed by atoms with van der Waals surface area (Å²) in [5, 5.41) is 2.48. The first-order chi connectivity index (χ1) is 8.50. The van der Waals surface area contributed by atoms with Crippen LogP contribution in [0, 0.1) is 0 Å². The normalized spacial score (nSPS) is 11.6. The summed E-state index contributed by atoms with van der Waals surface area (Å²) in [5.74, 6) is -1.15. The van der Waals surface area contributed by atoms with E-state index in [9.17, 15) is 14.4 Å². The molecule has 0 aromatic carbocycles. The van der Waals surface area contributed by atoms with E-state index >= 15 is 0 Å². The molecule has 0 radical (unpaired) electrons. The lowest BCUT2D eigenvalue weighted by Crippen LogP contribution is -2.44. The van der Waals surface area contributed by atoms with Crippen molar-refractivity contribution in [3.8, 4) is 0 Å². The summed E-state index contributed by atoms with van der Waals surface area (Å²) in [7, 11) is 0. The number of pyridine rings is 1. The van der Waals surface area contributed by atoms with Crippen molar-refractivity contribution in [2.75, 3.05) is 0 Å². The van der Waals surface area contributed by atoms with Gasteiger partial charge in [-0.1, -0.05) is 0 Å². The van der Waals surface area contributed by atoms with Crippen LogP contribution >= 0.6 is 0 Å². The second kappa shape index (κ2) is 6.48. The van der Waals surface area contributed by atoms with Gasteiger partial charge in [-0.05, 0) is 25.5 Å². The molecule has 1 aromatic heterocycles. The number of rotatable bonds is 6. The highest BCUT2D eigenvalue weighted by Gasteiger charge is 2.19. The van der Waals surface area contributed by atoms with Crippen molar-refractivity contribution in [1.29, 1.82) is 0 Å². The number of amides is 2. The third-order valence-electron chi connectivity index (χ3n) is 2.36. The summed E-state index contributed by atoms with van der Waals surface area (Å²) in [6.07, 6.45) is 3.33. The lowest BCUT2D eigenvalue weighted by molar-refractivity contribution is -0.120. The predicted molar refractivity (Wildman–Crippen MR) is 64.6 cm³/mol. The topological polar surface area (TPSA) is 102 Å². The molecule has 0 bridgehead atoms. The minimum absolute atomic E-state index is 0.0584. The molecule has 0 aliphatic heterocycles. The average molecular weight is 249 g/mol. The van der Waals surface area contributed by atoms with Gasteiger partial charge in [-0.3, -0.25) is 14.6 Å². The Labute approximate surface area is 105 Å². The first-order valence-corrected chi connectivity index (χ1v) is 5.50. The molecule has 6 nitrogen and oxygen atoms in total. The van der Waals surface area contributed by atoms with Crippen LogP contribution in [0.1, 0.15) is 30.1 Å². The summed E-state index contributed by atoms with van der Waals surface area (Å²) in [6.45, 7) is 1.42. The number of hydrogen-bond donors (Lipinski definition) is 2. The molecule has 1 heterocycles. The van der Waals surface area contributed by atoms with Crippen LogP contribution in [0.5, 0.6) is 0 Å². The minimum Gasteiger partial charge on any atom is -0.368 e. The summed E-state index contributed by atoms with van der Waals surface area (Å²) in [4.78, 5) is 37.6. The van der Waals surface area contributed by atoms with E-state index < -0.39 is 17.9 Å². The van der Waals surface area contributed by atoms with Gasteiger partial charge in [0.15, 0.2) is 0 Å². The van der Waals surface area contributed by atoms with E-state index in [1.807, 2.05) is 0 Å². The lowest BCUT2D eigenvalue weighted by Gasteiger charge is -2.14. The predicted octanol–water partition coefficient (Wildman–Crippen LogP) is 0.0345. The number of nitrogens with one attached hydrogen (secondary N) is 1. The third-order valence-corrected chi connectivity index (χ3v) is 2.36. The van der Waals surface area contributed by atoms with Gasteiger partial charge < -0.3 is 15.8 Å². The highest BCUT2D eigenvalue weighted by atomic mass is 16.2. The first kappa shape index (κ1) is 13.8. The molecule has 1 atom stereocenters. The first-order valence-electron chi connectivity index (χ1n) is 5.50. The maximum atomic E-state index is 11.8. The quantitative estimate of drug-likeness (QED) is 0.742. The van der Waals surface area contributed by atoms with Crippen LogP contribution in [0.4, 0.5) is 0 Å². The Morgan fingerprint density at radius 3 is 2.67 bits per heavy atom. The molecule has 0 aliphatic carbocycles. The van der Waals surface area contributed by atoms with Gasteiger partial charge in [0.25, 0.3) is 5.91 Å². The van der Waals surface area contributed by atoms with E-state index in [-0.39, 0.29) is 18.6 Å². The average Bonchev–Trinajstić information content (AvgIpc) is 2.34. The highest BCUT2D eigenvalue weighted by Crippen LogP contribution is 2.01. The van der Waals surface area contributed by atoms with Crippen LogP contribution in [0.25, 0.3) is 0 Å². The summed E-state index contributed by atoms with van der Waals surface area (Å²) >= 11 is 0. The van der Waals surface area contributed by atoms with Crippen LogP contribution in [-0.2, 0) is 9.59 Å². The molecule has 6 heteroatoms. The fourth-order valence-corrected chi connectivity index (χ4v) is 1.37. The summed E-state index contributed by atoms with van der Waals surface area (Å²) < 4.78 is 0. The van der Waals surface area contributed by atoms with Crippen molar-refractivity contribution in [2.45, 2.75) is 25.8 Å². The second-order valence-electron chi connectivity index (χ2n) is 3.91. The minimum atomic E-state index is -0.846. The molecule has 0 saturated carbocycles. The molecule has 1 aromatic rings. The van der Waals surface area contributed by atoms with E-state index in [2.05, 4.69) is 10.3 Å². The zero-order valence-corrected chi connectivity index (χ0v) is 10.1. The fourth-order valence-electron chi connectivity index (χ4n) is 1.37. The van der Waals surface area contributed by atoms with Gasteiger partial charge in [0.2, 0.25) is 5.91 Å². The van der Waals surface area contributed by atoms with Crippen molar-refractivity contribution >= 4 is 17.6 Å². The molecular weight excluding hydrogens is 234 g/mol. The van der Waals surface area contributed by atoms with Crippen LogP contribution in [0.3, 0.4) is 0 Å². The van der Waals surface area contributed by atoms with Crippen LogP contribution < -0.4 is 11.1 Å². The number of primary amides is 1. The number of nitrogens with zero attached hydrogens (tertiary/aromatic N) is 1. The second-order valence-corrected chi connectivity index (χ2v) is 3.91. The van der Waals surface area contributed by atoms with E-state index in [0.29, 0.717) is 5.56 Å². The summed E-state index contributed by atoms with van der Waals surface area (Å²) in [5.41, 5.74) is 5.51. The maximum Gasteiger partial charge on any atom is 0.253 e. The van der Waals surface area contributed by atoms with Crippen LogP contribution in [0.2, 0.25) is 0 Å². The molecule has 0 fully saturated rings. The van der Waals surface area contributed by atoms with E-state index in [1.165, 1.54) is 19.3 Å². The molecule has 1 rings (SSSR count). The highest BCUT2D eigenvalue weighted by molar-refractivity contribution is 5.97. The largest absolute Gasteiger partial charge is 0.368 e. The standard InChI is InChI=1S/C12H15N3O3/c1-8(16)4-5-10(11(13)17)15-12(18)9-3-2-6-14-7-9/h2-3,6-7,10H,4-5H2,1H3,(H2,13,17)(H,15,18)/t10-/m0/s1. The van der Waals surface area contributed by atoms with E-state index in [1.54, 1.807) is 12.1 Å². The molecule has 0 unspecified atom stereocenters. The van der Waals surface area contributed by atoms with Crippen LogP contribution in [0.15, 0.2) is 24.5 Å². The number of hydrogen-bond acceptors (Lipinski definition) is 4. The molecular formula is C12H15N3O3. The molecule has 2 amide bonds. The van der Waals surface area contributed by atoms with Gasteiger partial charge in [-0.25, -0.2) is 0 Å². The van der Waals surface area contributed by atoms with Gasteiger partial charge >= 0.3 is 0 Å². The number of aromatic nitrogens is 1. The number of ketones is 1. The molecule has 0 spiro atoms. The third kappa shape index (κ3) is 4.32. The van der Waals surface area contributed by atoms with E-state index in [4.69, 9.17) is 5.73 Å². The number of nitrogens with two attached hydrogens (primary N) is 1. The van der Waals surface area contributed by atoms with Crippen molar-refractivity contribution in [1.82, 2.24) is 10.3 Å². The maximum absolute atomic E-state index is 11.8. The van der Waals surface area contributed by atoms with Gasteiger partial charge in [-0.15, -0.1) is 0 Å². The number of Topliss-reactive ketones (excluding diaryl/α,β-unsaturated/α-hetero) is 1. The van der Waals surface area contributed by atoms with Gasteiger partial charge in [0.05, 0.1) is 5.56 Å². The lowest BCUT2D eigenvalue weighted by atomic mass is 10.1. The Hall–Kier alpha value is -2.24. The van der Waals surface area contributed by atoms with Crippen molar-refractivity contribution in [3.63, 3.8) is 0 Å². The Bertz CT molecular complexity index is 445. The van der Waals surface area contributed by atoms with Gasteiger partial charge in [0, 0.05) is 18.8 Å². The Morgan fingerprint density at radius 1 is 1.44 bits per heavy atom. The Morgan fingerprint density at radius 2 is 2.17 bits per heavy atom. The van der Waals surface area contributed by atoms with Gasteiger partial charge in [0.1, 0.15) is 11.8 Å².